The van der Waals surface area contributed by atoms with E-state index < -0.39 is 0 Å². The molecule has 2 amide bonds. The fourth-order valence-corrected chi connectivity index (χ4v) is 2.54. The van der Waals surface area contributed by atoms with E-state index in [2.05, 4.69) is 16.0 Å². The molecular weight excluding hydrogens is 290 g/mol. The highest BCUT2D eigenvalue weighted by molar-refractivity contribution is 5.99. The molecule has 3 N–H and O–H groups in total. The molecule has 0 unspecified atom stereocenters. The van der Waals surface area contributed by atoms with Crippen LogP contribution in [-0.2, 0) is 4.74 Å². The van der Waals surface area contributed by atoms with Crippen molar-refractivity contribution in [1.82, 2.24) is 0 Å². The van der Waals surface area contributed by atoms with E-state index in [-0.39, 0.29) is 6.03 Å². The number of nitrogens with one attached hydrogen (secondary N) is 3. The van der Waals surface area contributed by atoms with E-state index in [9.17, 15) is 4.79 Å². The maximum Gasteiger partial charge on any atom is 0.323 e. The molecule has 1 saturated heterocycles. The summed E-state index contributed by atoms with van der Waals surface area (Å²) in [5.74, 6) is 0. The van der Waals surface area contributed by atoms with Gasteiger partial charge in [0.1, 0.15) is 0 Å². The maximum atomic E-state index is 11.9. The summed E-state index contributed by atoms with van der Waals surface area (Å²) >= 11 is 0. The first kappa shape index (κ1) is 15.4. The minimum atomic E-state index is -0.249. The molecule has 1 heterocycles. The molecule has 0 aliphatic carbocycles. The van der Waals surface area contributed by atoms with Crippen LogP contribution in [0.4, 0.5) is 21.9 Å². The topological polar surface area (TPSA) is 62.4 Å². The zero-order valence-corrected chi connectivity index (χ0v) is 12.9. The average molecular weight is 311 g/mol. The van der Waals surface area contributed by atoms with Gasteiger partial charge >= 0.3 is 6.03 Å². The molecule has 23 heavy (non-hydrogen) atoms. The lowest BCUT2D eigenvalue weighted by molar-refractivity contribution is 0.0904. The molecule has 3 rings (SSSR count). The Morgan fingerprint density at radius 3 is 2.04 bits per heavy atom. The monoisotopic (exact) mass is 311 g/mol. The van der Waals surface area contributed by atoms with Gasteiger partial charge in [-0.25, -0.2) is 4.79 Å². The van der Waals surface area contributed by atoms with Gasteiger partial charge in [0, 0.05) is 36.3 Å². The van der Waals surface area contributed by atoms with E-state index in [4.69, 9.17) is 4.74 Å². The van der Waals surface area contributed by atoms with Crippen molar-refractivity contribution in [3.8, 4) is 0 Å². The lowest BCUT2D eigenvalue weighted by atomic mass is 10.1. The minimum absolute atomic E-state index is 0.249. The van der Waals surface area contributed by atoms with Crippen LogP contribution in [0.5, 0.6) is 0 Å². The summed E-state index contributed by atoms with van der Waals surface area (Å²) in [5.41, 5.74) is 2.59. The fourth-order valence-electron chi connectivity index (χ4n) is 2.54. The van der Waals surface area contributed by atoms with Crippen LogP contribution in [0.1, 0.15) is 12.8 Å². The molecule has 0 atom stereocenters. The Hall–Kier alpha value is -2.53. The van der Waals surface area contributed by atoms with Gasteiger partial charge in [-0.15, -0.1) is 0 Å². The van der Waals surface area contributed by atoms with Crippen LogP contribution >= 0.6 is 0 Å². The van der Waals surface area contributed by atoms with Crippen molar-refractivity contribution in [2.45, 2.75) is 18.9 Å². The fraction of sp³-hybridized carbons (Fsp3) is 0.278. The Bertz CT molecular complexity index is 622. The first-order chi connectivity index (χ1) is 11.3. The van der Waals surface area contributed by atoms with E-state index in [0.29, 0.717) is 6.04 Å². The largest absolute Gasteiger partial charge is 0.382 e. The van der Waals surface area contributed by atoms with Crippen molar-refractivity contribution in [1.29, 1.82) is 0 Å². The molecule has 0 radical (unpaired) electrons. The average Bonchev–Trinajstić information content (AvgIpc) is 2.58. The maximum absolute atomic E-state index is 11.9. The van der Waals surface area contributed by atoms with E-state index in [1.165, 1.54) is 0 Å². The van der Waals surface area contributed by atoms with Crippen LogP contribution in [-0.4, -0.2) is 25.3 Å². The quantitative estimate of drug-likeness (QED) is 0.802. The number of para-hydroxylation sites is 1. The zero-order chi connectivity index (χ0) is 15.9. The molecular formula is C18H21N3O2. The van der Waals surface area contributed by atoms with Crippen LogP contribution in [0.2, 0.25) is 0 Å². The summed E-state index contributed by atoms with van der Waals surface area (Å²) in [5, 5.41) is 9.11. The third-order valence-corrected chi connectivity index (χ3v) is 3.77. The van der Waals surface area contributed by atoms with E-state index in [0.717, 1.165) is 43.1 Å². The Morgan fingerprint density at radius 2 is 1.39 bits per heavy atom. The minimum Gasteiger partial charge on any atom is -0.382 e. The molecule has 1 fully saturated rings. The second-order valence-electron chi connectivity index (χ2n) is 5.55. The van der Waals surface area contributed by atoms with Gasteiger partial charge in [0.2, 0.25) is 0 Å². The lowest BCUT2D eigenvalue weighted by Gasteiger charge is -2.24. The highest BCUT2D eigenvalue weighted by atomic mass is 16.5. The summed E-state index contributed by atoms with van der Waals surface area (Å²) in [6.07, 6.45) is 2.05. The van der Waals surface area contributed by atoms with Crippen molar-refractivity contribution in [2.75, 3.05) is 29.2 Å². The van der Waals surface area contributed by atoms with Crippen LogP contribution in [0.3, 0.4) is 0 Å². The van der Waals surface area contributed by atoms with Crippen molar-refractivity contribution in [3.05, 3.63) is 54.6 Å². The Morgan fingerprint density at radius 1 is 0.826 bits per heavy atom. The molecule has 120 valence electrons. The Labute approximate surface area is 136 Å². The number of amides is 2. The number of hydrogen-bond donors (Lipinski definition) is 3. The van der Waals surface area contributed by atoms with Gasteiger partial charge in [-0.1, -0.05) is 18.2 Å². The number of anilines is 3. The van der Waals surface area contributed by atoms with Gasteiger partial charge in [-0.3, -0.25) is 0 Å². The summed E-state index contributed by atoms with van der Waals surface area (Å²) < 4.78 is 5.35. The Kier molecular flexibility index (Phi) is 5.11. The zero-order valence-electron chi connectivity index (χ0n) is 12.9. The van der Waals surface area contributed by atoms with Crippen LogP contribution < -0.4 is 16.0 Å². The van der Waals surface area contributed by atoms with Crippen LogP contribution in [0, 0.1) is 0 Å². The first-order valence-electron chi connectivity index (χ1n) is 7.87. The number of carbonyl (C=O) groups excluding carboxylic acids is 1. The number of ether oxygens (including phenoxy) is 1. The number of carbonyl (C=O) groups is 1. The molecule has 0 aromatic heterocycles. The number of urea groups is 1. The Balaban J connectivity index is 1.51. The molecule has 0 spiro atoms. The van der Waals surface area contributed by atoms with Gasteiger partial charge in [0.25, 0.3) is 0 Å². The SMILES string of the molecule is O=C(Nc1ccccc1)Nc1ccc(NC2CCOCC2)cc1. The number of rotatable bonds is 4. The van der Waals surface area contributed by atoms with Crippen molar-refractivity contribution < 1.29 is 9.53 Å². The molecule has 0 saturated carbocycles. The summed E-state index contributed by atoms with van der Waals surface area (Å²) in [6, 6.07) is 17.3. The lowest BCUT2D eigenvalue weighted by Crippen LogP contribution is -2.27. The van der Waals surface area contributed by atoms with Crippen LogP contribution in [0.25, 0.3) is 0 Å². The van der Waals surface area contributed by atoms with Crippen molar-refractivity contribution in [3.63, 3.8) is 0 Å². The normalized spacial score (nSPS) is 15.0. The van der Waals surface area contributed by atoms with E-state index in [1.807, 2.05) is 54.6 Å². The second kappa shape index (κ2) is 7.65. The van der Waals surface area contributed by atoms with E-state index in [1.54, 1.807) is 0 Å². The summed E-state index contributed by atoms with van der Waals surface area (Å²) in [6.45, 7) is 1.63. The number of hydrogen-bond acceptors (Lipinski definition) is 3. The standard InChI is InChI=1S/C18H21N3O2/c22-18(20-14-4-2-1-3-5-14)21-16-8-6-15(7-9-16)19-17-10-12-23-13-11-17/h1-9,17,19H,10-13H2,(H2,20,21,22). The highest BCUT2D eigenvalue weighted by Gasteiger charge is 2.13. The van der Waals surface area contributed by atoms with Crippen molar-refractivity contribution in [2.24, 2.45) is 0 Å². The molecule has 0 bridgehead atoms. The second-order valence-corrected chi connectivity index (χ2v) is 5.55. The van der Waals surface area contributed by atoms with Gasteiger partial charge in [-0.05, 0) is 49.2 Å². The third-order valence-electron chi connectivity index (χ3n) is 3.77. The predicted octanol–water partition coefficient (Wildman–Crippen LogP) is 3.92. The first-order valence-corrected chi connectivity index (χ1v) is 7.87. The molecule has 1 aliphatic heterocycles. The summed E-state index contributed by atoms with van der Waals surface area (Å²) in [4.78, 5) is 11.9. The van der Waals surface area contributed by atoms with Gasteiger partial charge in [0.15, 0.2) is 0 Å². The molecule has 5 nitrogen and oxygen atoms in total. The smallest absolute Gasteiger partial charge is 0.323 e. The number of benzene rings is 2. The molecule has 1 aliphatic rings. The highest BCUT2D eigenvalue weighted by Crippen LogP contribution is 2.18. The van der Waals surface area contributed by atoms with Gasteiger partial charge in [-0.2, -0.15) is 0 Å². The summed E-state index contributed by atoms with van der Waals surface area (Å²) in [7, 11) is 0. The molecule has 2 aromatic rings. The van der Waals surface area contributed by atoms with Crippen LogP contribution in [0.15, 0.2) is 54.6 Å². The molecule has 2 aromatic carbocycles. The third kappa shape index (κ3) is 4.72. The molecule has 5 heteroatoms. The van der Waals surface area contributed by atoms with Gasteiger partial charge < -0.3 is 20.7 Å². The predicted molar refractivity (Wildman–Crippen MR) is 93.0 cm³/mol. The van der Waals surface area contributed by atoms with Crippen molar-refractivity contribution >= 4 is 23.1 Å². The van der Waals surface area contributed by atoms with Gasteiger partial charge in [0.05, 0.1) is 0 Å². The van der Waals surface area contributed by atoms with E-state index >= 15 is 0 Å².